The molecule has 4 rings (SSSR count). The average molecular weight is 489 g/mol. The van der Waals surface area contributed by atoms with Crippen LogP contribution in [0, 0.1) is 29.6 Å². The van der Waals surface area contributed by atoms with Crippen LogP contribution in [0.5, 0.6) is 0 Å². The second-order valence-corrected chi connectivity index (χ2v) is 11.5. The number of piperidine rings is 1. The molecule has 3 aliphatic heterocycles. The van der Waals surface area contributed by atoms with Crippen molar-refractivity contribution in [1.29, 1.82) is 0 Å². The van der Waals surface area contributed by atoms with Crippen molar-refractivity contribution in [2.24, 2.45) is 29.6 Å². The Hall–Kier alpha value is -1.48. The van der Waals surface area contributed by atoms with Crippen LogP contribution in [0.1, 0.15) is 52.9 Å². The van der Waals surface area contributed by atoms with Gasteiger partial charge in [0.15, 0.2) is 0 Å². The lowest BCUT2D eigenvalue weighted by Gasteiger charge is -2.42. The predicted octanol–water partition coefficient (Wildman–Crippen LogP) is 1.36. The first kappa shape index (κ1) is 26.6. The van der Waals surface area contributed by atoms with Gasteiger partial charge in [0.2, 0.25) is 11.8 Å². The molecule has 3 heterocycles. The van der Waals surface area contributed by atoms with Crippen molar-refractivity contribution in [3.8, 4) is 0 Å². The third-order valence-electron chi connectivity index (χ3n) is 8.81. The maximum absolute atomic E-state index is 13.2. The van der Waals surface area contributed by atoms with Gasteiger partial charge in [-0.3, -0.25) is 14.5 Å². The monoisotopic (exact) mass is 488 g/mol. The fourth-order valence-corrected chi connectivity index (χ4v) is 6.48. The second kappa shape index (κ2) is 12.7. The molecule has 2 amide bonds. The molecule has 0 spiro atoms. The quantitative estimate of drug-likeness (QED) is 0.405. The lowest BCUT2D eigenvalue weighted by molar-refractivity contribution is -0.134. The molecule has 0 saturated carbocycles. The molecule has 0 radical (unpaired) electrons. The Kier molecular flexibility index (Phi) is 9.61. The number of hydrogen-bond donors (Lipinski definition) is 4. The van der Waals surface area contributed by atoms with Crippen molar-refractivity contribution in [3.05, 3.63) is 11.6 Å². The molecule has 198 valence electrons. The van der Waals surface area contributed by atoms with Gasteiger partial charge in [-0.15, -0.1) is 0 Å². The Labute approximate surface area is 212 Å². The van der Waals surface area contributed by atoms with Crippen LogP contribution in [0.3, 0.4) is 0 Å². The summed E-state index contributed by atoms with van der Waals surface area (Å²) in [5.41, 5.74) is 1.32. The molecule has 3 saturated heterocycles. The molecule has 35 heavy (non-hydrogen) atoms. The standard InChI is InChI=1S/C27H48N6O2/c1-19(2)24-13-21(20(3)12-22(24)17-31-27(35)23-15-28-18-29-16-23)14-26(34)33-10-8-32(9-11-33)25-6-4-5-7-30-25/h12,19,21-25,28-30H,4-11,13-18H2,1-3H3,(H,31,35). The van der Waals surface area contributed by atoms with E-state index in [2.05, 4.69) is 57.9 Å². The molecule has 0 bridgehead atoms. The number of allylic oxidation sites excluding steroid dienone is 1. The molecule has 4 unspecified atom stereocenters. The first-order chi connectivity index (χ1) is 16.9. The van der Waals surface area contributed by atoms with Crippen LogP contribution < -0.4 is 21.3 Å². The number of carbonyl (C=O) groups excluding carboxylic acids is 2. The Morgan fingerprint density at radius 1 is 1.11 bits per heavy atom. The van der Waals surface area contributed by atoms with E-state index in [1.807, 2.05) is 0 Å². The van der Waals surface area contributed by atoms with Crippen molar-refractivity contribution in [3.63, 3.8) is 0 Å². The highest BCUT2D eigenvalue weighted by atomic mass is 16.2. The van der Waals surface area contributed by atoms with Crippen LogP contribution in [0.4, 0.5) is 0 Å². The fourth-order valence-electron chi connectivity index (χ4n) is 6.48. The zero-order chi connectivity index (χ0) is 24.8. The van der Waals surface area contributed by atoms with Gasteiger partial charge in [0, 0.05) is 58.9 Å². The summed E-state index contributed by atoms with van der Waals surface area (Å²) in [6.45, 7) is 14.4. The number of carbonyl (C=O) groups is 2. The summed E-state index contributed by atoms with van der Waals surface area (Å²) >= 11 is 0. The molecule has 0 aromatic heterocycles. The number of hydrogen-bond acceptors (Lipinski definition) is 6. The molecule has 3 fully saturated rings. The molecule has 1 aliphatic carbocycles. The lowest BCUT2D eigenvalue weighted by atomic mass is 9.69. The second-order valence-electron chi connectivity index (χ2n) is 11.5. The van der Waals surface area contributed by atoms with Crippen molar-refractivity contribution in [1.82, 2.24) is 31.1 Å². The fraction of sp³-hybridized carbons (Fsp3) is 0.852. The third-order valence-corrected chi connectivity index (χ3v) is 8.81. The molecule has 8 nitrogen and oxygen atoms in total. The first-order valence-electron chi connectivity index (χ1n) is 14.0. The number of amides is 2. The van der Waals surface area contributed by atoms with E-state index in [1.54, 1.807) is 0 Å². The molecular formula is C27H48N6O2. The molecule has 4 aliphatic rings. The van der Waals surface area contributed by atoms with Crippen LogP contribution >= 0.6 is 0 Å². The van der Waals surface area contributed by atoms with Crippen molar-refractivity contribution in [2.75, 3.05) is 59.0 Å². The maximum atomic E-state index is 13.2. The Morgan fingerprint density at radius 3 is 2.51 bits per heavy atom. The maximum Gasteiger partial charge on any atom is 0.225 e. The van der Waals surface area contributed by atoms with E-state index in [4.69, 9.17) is 0 Å². The summed E-state index contributed by atoms with van der Waals surface area (Å²) in [5.74, 6) is 2.09. The summed E-state index contributed by atoms with van der Waals surface area (Å²) < 4.78 is 0. The third kappa shape index (κ3) is 7.06. The van der Waals surface area contributed by atoms with Crippen molar-refractivity contribution >= 4 is 11.8 Å². The largest absolute Gasteiger partial charge is 0.355 e. The number of piperazine rings is 1. The Balaban J connectivity index is 1.28. The molecular weight excluding hydrogens is 440 g/mol. The average Bonchev–Trinajstić information content (AvgIpc) is 2.89. The van der Waals surface area contributed by atoms with Gasteiger partial charge < -0.3 is 26.2 Å². The Bertz CT molecular complexity index is 736. The van der Waals surface area contributed by atoms with Crippen LogP contribution in [-0.4, -0.2) is 86.8 Å². The molecule has 0 aromatic rings. The van der Waals surface area contributed by atoms with E-state index in [0.717, 1.165) is 58.9 Å². The summed E-state index contributed by atoms with van der Waals surface area (Å²) in [4.78, 5) is 30.5. The molecule has 4 atom stereocenters. The smallest absolute Gasteiger partial charge is 0.225 e. The van der Waals surface area contributed by atoms with E-state index in [-0.39, 0.29) is 11.8 Å². The van der Waals surface area contributed by atoms with Crippen molar-refractivity contribution in [2.45, 2.75) is 59.0 Å². The lowest BCUT2D eigenvalue weighted by Crippen LogP contribution is -2.57. The highest BCUT2D eigenvalue weighted by Crippen LogP contribution is 2.39. The minimum Gasteiger partial charge on any atom is -0.355 e. The molecule has 0 aromatic carbocycles. The Morgan fingerprint density at radius 2 is 1.86 bits per heavy atom. The van der Waals surface area contributed by atoms with E-state index in [1.165, 1.54) is 24.8 Å². The highest BCUT2D eigenvalue weighted by molar-refractivity contribution is 5.79. The zero-order valence-corrected chi connectivity index (χ0v) is 22.2. The van der Waals surface area contributed by atoms with Gasteiger partial charge >= 0.3 is 0 Å². The van der Waals surface area contributed by atoms with Crippen LogP contribution in [0.25, 0.3) is 0 Å². The van der Waals surface area contributed by atoms with Crippen LogP contribution in [0.2, 0.25) is 0 Å². The van der Waals surface area contributed by atoms with Gasteiger partial charge in [0.1, 0.15) is 0 Å². The van der Waals surface area contributed by atoms with Gasteiger partial charge in [-0.25, -0.2) is 0 Å². The van der Waals surface area contributed by atoms with Crippen LogP contribution in [0.15, 0.2) is 11.6 Å². The predicted molar refractivity (Wildman–Crippen MR) is 139 cm³/mol. The van der Waals surface area contributed by atoms with Gasteiger partial charge in [0.25, 0.3) is 0 Å². The minimum absolute atomic E-state index is 0.00496. The van der Waals surface area contributed by atoms with Crippen molar-refractivity contribution < 1.29 is 9.59 Å². The topological polar surface area (TPSA) is 88.7 Å². The highest BCUT2D eigenvalue weighted by Gasteiger charge is 2.35. The molecule has 4 N–H and O–H groups in total. The number of nitrogens with one attached hydrogen (secondary N) is 4. The normalized spacial score (nSPS) is 31.3. The van der Waals surface area contributed by atoms with Gasteiger partial charge in [-0.1, -0.05) is 25.5 Å². The number of rotatable bonds is 7. The van der Waals surface area contributed by atoms with E-state index in [9.17, 15) is 9.59 Å². The van der Waals surface area contributed by atoms with Gasteiger partial charge in [0.05, 0.1) is 12.1 Å². The zero-order valence-electron chi connectivity index (χ0n) is 22.2. The van der Waals surface area contributed by atoms with Crippen LogP contribution in [-0.2, 0) is 9.59 Å². The first-order valence-corrected chi connectivity index (χ1v) is 14.0. The van der Waals surface area contributed by atoms with Gasteiger partial charge in [-0.05, 0) is 62.8 Å². The summed E-state index contributed by atoms with van der Waals surface area (Å²) in [5, 5.41) is 13.3. The van der Waals surface area contributed by atoms with Gasteiger partial charge in [-0.2, -0.15) is 0 Å². The summed E-state index contributed by atoms with van der Waals surface area (Å²) in [6, 6.07) is 0. The van der Waals surface area contributed by atoms with E-state index >= 15 is 0 Å². The summed E-state index contributed by atoms with van der Waals surface area (Å²) in [6.07, 6.45) is 8.32. The number of nitrogens with zero attached hydrogens (tertiary/aromatic N) is 2. The summed E-state index contributed by atoms with van der Waals surface area (Å²) in [7, 11) is 0. The van der Waals surface area contributed by atoms with E-state index in [0.29, 0.717) is 48.7 Å². The minimum atomic E-state index is -0.00496. The SMILES string of the molecule is CC1=CC(CNC(=O)C2CNCNC2)C(C(C)C)CC1CC(=O)N1CCN(C2CCCCN2)CC1. The molecule has 8 heteroatoms. The van der Waals surface area contributed by atoms with E-state index < -0.39 is 0 Å².